The molecule has 0 saturated carbocycles. The molecular weight excluding hydrogens is 348 g/mol. The van der Waals surface area contributed by atoms with Crippen LogP contribution in [0.25, 0.3) is 0 Å². The summed E-state index contributed by atoms with van der Waals surface area (Å²) in [6.45, 7) is 5.89. The maximum Gasteiger partial charge on any atom is -0.0348 e. The Labute approximate surface area is 180 Å². The number of rotatable bonds is 17. The summed E-state index contributed by atoms with van der Waals surface area (Å²) in [6, 6.07) is 0. The summed E-state index contributed by atoms with van der Waals surface area (Å²) in [5.41, 5.74) is 0. The van der Waals surface area contributed by atoms with Crippen LogP contribution < -0.4 is 0 Å². The summed E-state index contributed by atoms with van der Waals surface area (Å²) in [5.74, 6) is 0. The van der Waals surface area contributed by atoms with Gasteiger partial charge in [0.25, 0.3) is 0 Å². The Morgan fingerprint density at radius 1 is 0.414 bits per heavy atom. The van der Waals surface area contributed by atoms with E-state index in [0.29, 0.717) is 0 Å². The minimum absolute atomic E-state index is 1.19. The van der Waals surface area contributed by atoms with Crippen molar-refractivity contribution in [3.8, 4) is 0 Å². The summed E-state index contributed by atoms with van der Waals surface area (Å²) in [6.07, 6.45) is 49.1. The quantitative estimate of drug-likeness (QED) is 0.172. The molecule has 0 aromatic carbocycles. The standard InChI is InChI=1S/C29H40/c1-3-5-7-9-11-13-15-17-19-21-23-25-27-29-28-26-24-22-20-18-16-14-12-10-8-6-4-2/h3,5,7,9,11,13,15,17,19-29H,1,4,6,8,10,12,14,16,18H2,2H3/b7-5+,11-9+,15-13+,19-17+,22-20+,23-21+,26-24+,27-25+,29-28+. The van der Waals surface area contributed by atoms with Gasteiger partial charge in [-0.3, -0.25) is 0 Å². The monoisotopic (exact) mass is 388 g/mol. The minimum atomic E-state index is 1.19. The Hall–Kier alpha value is -2.60. The van der Waals surface area contributed by atoms with Gasteiger partial charge >= 0.3 is 0 Å². The molecule has 0 radical (unpaired) electrons. The summed E-state index contributed by atoms with van der Waals surface area (Å²) >= 11 is 0. The molecule has 0 saturated heterocycles. The minimum Gasteiger partial charge on any atom is -0.0991 e. The third-order valence-corrected chi connectivity index (χ3v) is 4.02. The van der Waals surface area contributed by atoms with E-state index in [0.717, 1.165) is 0 Å². The van der Waals surface area contributed by atoms with E-state index in [1.54, 1.807) is 6.08 Å². The second kappa shape index (κ2) is 25.4. The van der Waals surface area contributed by atoms with Crippen LogP contribution in [0.4, 0.5) is 0 Å². The first-order valence-corrected chi connectivity index (χ1v) is 11.0. The second-order valence-electron chi connectivity index (χ2n) is 6.65. The molecule has 0 aliphatic heterocycles. The van der Waals surface area contributed by atoms with E-state index >= 15 is 0 Å². The smallest absolute Gasteiger partial charge is 0.0348 e. The lowest BCUT2D eigenvalue weighted by atomic mass is 10.1. The maximum absolute atomic E-state index is 3.62. The van der Waals surface area contributed by atoms with Gasteiger partial charge in [-0.2, -0.15) is 0 Å². The Bertz CT molecular complexity index is 612. The normalized spacial score (nSPS) is 13.7. The topological polar surface area (TPSA) is 0 Å². The Kier molecular flexibility index (Phi) is 23.1. The van der Waals surface area contributed by atoms with Crippen molar-refractivity contribution in [2.75, 3.05) is 0 Å². The van der Waals surface area contributed by atoms with Crippen molar-refractivity contribution < 1.29 is 0 Å². The fraction of sp³-hybridized carbons (Fsp3) is 0.310. The Morgan fingerprint density at radius 2 is 0.759 bits per heavy atom. The van der Waals surface area contributed by atoms with E-state index in [9.17, 15) is 0 Å². The summed E-state index contributed by atoms with van der Waals surface area (Å²) in [7, 11) is 0. The van der Waals surface area contributed by atoms with Crippen molar-refractivity contribution in [2.24, 2.45) is 0 Å². The number of hydrogen-bond donors (Lipinski definition) is 0. The Morgan fingerprint density at radius 3 is 1.17 bits per heavy atom. The fourth-order valence-electron chi connectivity index (χ4n) is 2.43. The van der Waals surface area contributed by atoms with Gasteiger partial charge in [0.2, 0.25) is 0 Å². The predicted octanol–water partition coefficient (Wildman–Crippen LogP) is 9.32. The molecule has 0 fully saturated rings. The van der Waals surface area contributed by atoms with E-state index in [-0.39, 0.29) is 0 Å². The highest BCUT2D eigenvalue weighted by Gasteiger charge is 1.88. The van der Waals surface area contributed by atoms with E-state index in [4.69, 9.17) is 0 Å². The van der Waals surface area contributed by atoms with Crippen molar-refractivity contribution in [3.63, 3.8) is 0 Å². The lowest BCUT2D eigenvalue weighted by Gasteiger charge is -1.98. The second-order valence-corrected chi connectivity index (χ2v) is 6.65. The van der Waals surface area contributed by atoms with Gasteiger partial charge in [0.05, 0.1) is 0 Å². The molecular formula is C29H40. The highest BCUT2D eigenvalue weighted by molar-refractivity contribution is 5.22. The molecule has 0 amide bonds. The van der Waals surface area contributed by atoms with Gasteiger partial charge in [-0.25, -0.2) is 0 Å². The van der Waals surface area contributed by atoms with Crippen LogP contribution in [0.3, 0.4) is 0 Å². The highest BCUT2D eigenvalue weighted by Crippen LogP contribution is 2.08. The molecule has 0 spiro atoms. The lowest BCUT2D eigenvalue weighted by Crippen LogP contribution is -1.78. The van der Waals surface area contributed by atoms with Crippen LogP contribution in [0, 0.1) is 0 Å². The summed E-state index contributed by atoms with van der Waals surface area (Å²) < 4.78 is 0. The summed E-state index contributed by atoms with van der Waals surface area (Å²) in [5, 5.41) is 0. The molecule has 0 nitrogen and oxygen atoms in total. The highest BCUT2D eigenvalue weighted by atomic mass is 13.9. The van der Waals surface area contributed by atoms with Crippen LogP contribution in [0.5, 0.6) is 0 Å². The maximum atomic E-state index is 3.62. The van der Waals surface area contributed by atoms with E-state index < -0.39 is 0 Å². The van der Waals surface area contributed by atoms with Gasteiger partial charge in [0.1, 0.15) is 0 Å². The van der Waals surface area contributed by atoms with E-state index in [1.165, 1.54) is 51.4 Å². The molecule has 0 rings (SSSR count). The third-order valence-electron chi connectivity index (χ3n) is 4.02. The van der Waals surface area contributed by atoms with Crippen LogP contribution >= 0.6 is 0 Å². The van der Waals surface area contributed by atoms with E-state index in [1.807, 2.05) is 85.1 Å². The number of hydrogen-bond acceptors (Lipinski definition) is 0. The average Bonchev–Trinajstić information content (AvgIpc) is 2.74. The van der Waals surface area contributed by atoms with Crippen LogP contribution in [0.1, 0.15) is 58.3 Å². The molecule has 0 aromatic heterocycles. The van der Waals surface area contributed by atoms with Crippen LogP contribution in [-0.2, 0) is 0 Å². The van der Waals surface area contributed by atoms with Gasteiger partial charge in [-0.1, -0.05) is 167 Å². The Balaban J connectivity index is 3.70. The van der Waals surface area contributed by atoms with Crippen molar-refractivity contribution in [2.45, 2.75) is 58.3 Å². The molecule has 0 aliphatic carbocycles. The molecule has 0 heterocycles. The molecule has 156 valence electrons. The van der Waals surface area contributed by atoms with Gasteiger partial charge in [0.15, 0.2) is 0 Å². The fourth-order valence-corrected chi connectivity index (χ4v) is 2.43. The molecule has 0 aromatic rings. The third kappa shape index (κ3) is 25.4. The zero-order chi connectivity index (χ0) is 21.1. The van der Waals surface area contributed by atoms with Gasteiger partial charge in [-0.05, 0) is 12.8 Å². The zero-order valence-corrected chi connectivity index (χ0v) is 18.3. The lowest BCUT2D eigenvalue weighted by molar-refractivity contribution is 0.592. The largest absolute Gasteiger partial charge is 0.0991 e. The van der Waals surface area contributed by atoms with Crippen LogP contribution in [0.15, 0.2) is 122 Å². The molecule has 0 N–H and O–H groups in total. The van der Waals surface area contributed by atoms with E-state index in [2.05, 4.69) is 37.8 Å². The number of unbranched alkanes of at least 4 members (excludes halogenated alkanes) is 7. The average molecular weight is 389 g/mol. The SMILES string of the molecule is C=C/C=C/C=C/C=C/C=C/C=C/C=C/C=C/C=C/C=C/CCCCCCCCC. The molecule has 0 heteroatoms. The van der Waals surface area contributed by atoms with Gasteiger partial charge in [-0.15, -0.1) is 0 Å². The zero-order valence-electron chi connectivity index (χ0n) is 18.3. The van der Waals surface area contributed by atoms with Crippen LogP contribution in [-0.4, -0.2) is 0 Å². The van der Waals surface area contributed by atoms with Crippen molar-refractivity contribution in [1.82, 2.24) is 0 Å². The van der Waals surface area contributed by atoms with Crippen molar-refractivity contribution in [3.05, 3.63) is 122 Å². The number of allylic oxidation sites excluding steroid dienone is 19. The molecule has 0 aliphatic rings. The molecule has 29 heavy (non-hydrogen) atoms. The van der Waals surface area contributed by atoms with Crippen molar-refractivity contribution in [1.29, 1.82) is 0 Å². The molecule has 0 atom stereocenters. The first-order chi connectivity index (χ1) is 14.4. The first-order valence-electron chi connectivity index (χ1n) is 11.0. The molecule has 0 bridgehead atoms. The molecule has 0 unspecified atom stereocenters. The first kappa shape index (κ1) is 26.4. The van der Waals surface area contributed by atoms with Crippen molar-refractivity contribution >= 4 is 0 Å². The summed E-state index contributed by atoms with van der Waals surface area (Å²) in [4.78, 5) is 0. The predicted molar refractivity (Wildman–Crippen MR) is 135 cm³/mol. The van der Waals surface area contributed by atoms with Crippen LogP contribution in [0.2, 0.25) is 0 Å². The van der Waals surface area contributed by atoms with Gasteiger partial charge in [0, 0.05) is 0 Å². The van der Waals surface area contributed by atoms with Gasteiger partial charge < -0.3 is 0 Å².